The molecule has 3 nitrogen and oxygen atoms in total. The summed E-state index contributed by atoms with van der Waals surface area (Å²) in [6.07, 6.45) is 5.34. The van der Waals surface area contributed by atoms with E-state index in [9.17, 15) is 0 Å². The van der Waals surface area contributed by atoms with E-state index in [1.54, 1.807) is 0 Å². The second kappa shape index (κ2) is 6.40. The number of rotatable bonds is 7. The molecule has 20 heavy (non-hydrogen) atoms. The van der Waals surface area contributed by atoms with Crippen molar-refractivity contribution in [2.45, 2.75) is 65.0 Å². The van der Waals surface area contributed by atoms with Gasteiger partial charge in [-0.15, -0.1) is 0 Å². The Labute approximate surface area is 122 Å². The minimum absolute atomic E-state index is 0.119. The number of nitrogens with two attached hydrogens (primary N) is 1. The molecule has 110 valence electrons. The molecule has 1 unspecified atom stereocenters. The van der Waals surface area contributed by atoms with E-state index in [1.165, 1.54) is 23.7 Å². The largest absolute Gasteiger partial charge is 0.325 e. The minimum Gasteiger partial charge on any atom is -0.325 e. The molecular formula is C17H27N3. The second-order valence-electron chi connectivity index (χ2n) is 5.78. The summed E-state index contributed by atoms with van der Waals surface area (Å²) in [5.41, 5.74) is 8.87. The molecule has 1 heterocycles. The Morgan fingerprint density at radius 3 is 2.60 bits per heavy atom. The topological polar surface area (TPSA) is 43.8 Å². The molecule has 0 aliphatic rings. The molecule has 3 heteroatoms. The smallest absolute Gasteiger partial charge is 0.0721 e. The normalized spacial score (nSPS) is 14.6. The fourth-order valence-electron chi connectivity index (χ4n) is 2.82. The van der Waals surface area contributed by atoms with Crippen LogP contribution in [0.15, 0.2) is 24.3 Å². The summed E-state index contributed by atoms with van der Waals surface area (Å²) in [5.74, 6) is 0. The van der Waals surface area contributed by atoms with Crippen molar-refractivity contribution in [2.75, 3.05) is 0 Å². The first-order chi connectivity index (χ1) is 9.63. The zero-order valence-corrected chi connectivity index (χ0v) is 13.0. The van der Waals surface area contributed by atoms with Crippen LogP contribution in [-0.2, 0) is 13.0 Å². The number of hydrogen-bond donors (Lipinski definition) is 1. The molecule has 1 aromatic heterocycles. The van der Waals surface area contributed by atoms with Crippen LogP contribution in [-0.4, -0.2) is 15.3 Å². The van der Waals surface area contributed by atoms with Gasteiger partial charge in [0.25, 0.3) is 0 Å². The van der Waals surface area contributed by atoms with E-state index in [0.717, 1.165) is 31.5 Å². The van der Waals surface area contributed by atoms with Crippen molar-refractivity contribution in [3.8, 4) is 0 Å². The van der Waals surface area contributed by atoms with Crippen LogP contribution in [0.2, 0.25) is 0 Å². The summed E-state index contributed by atoms with van der Waals surface area (Å²) in [6, 6.07) is 8.47. The number of aryl methyl sites for hydroxylation is 1. The maximum atomic E-state index is 6.61. The van der Waals surface area contributed by atoms with Crippen LogP contribution in [0.25, 0.3) is 10.9 Å². The lowest BCUT2D eigenvalue weighted by Crippen LogP contribution is -2.41. The van der Waals surface area contributed by atoms with E-state index in [-0.39, 0.29) is 5.54 Å². The third-order valence-corrected chi connectivity index (χ3v) is 4.29. The number of fused-ring (bicyclic) bond motifs is 1. The van der Waals surface area contributed by atoms with Gasteiger partial charge in [-0.1, -0.05) is 44.9 Å². The molecule has 0 aliphatic heterocycles. The fourth-order valence-corrected chi connectivity index (χ4v) is 2.82. The van der Waals surface area contributed by atoms with Gasteiger partial charge in [0, 0.05) is 23.9 Å². The molecule has 0 amide bonds. The predicted molar refractivity (Wildman–Crippen MR) is 85.8 cm³/mol. The van der Waals surface area contributed by atoms with Crippen LogP contribution in [0.3, 0.4) is 0 Å². The fraction of sp³-hybridized carbons (Fsp3) is 0.588. The highest BCUT2D eigenvalue weighted by molar-refractivity contribution is 5.82. The van der Waals surface area contributed by atoms with E-state index in [1.807, 2.05) is 0 Å². The van der Waals surface area contributed by atoms with Crippen molar-refractivity contribution in [2.24, 2.45) is 5.73 Å². The van der Waals surface area contributed by atoms with Gasteiger partial charge in [-0.05, 0) is 25.8 Å². The first-order valence-electron chi connectivity index (χ1n) is 7.87. The van der Waals surface area contributed by atoms with Gasteiger partial charge in [0.15, 0.2) is 0 Å². The molecule has 0 saturated heterocycles. The van der Waals surface area contributed by atoms with Gasteiger partial charge < -0.3 is 5.73 Å². The Kier molecular flexibility index (Phi) is 4.81. The van der Waals surface area contributed by atoms with E-state index in [2.05, 4.69) is 49.7 Å². The molecule has 2 aromatic rings. The maximum Gasteiger partial charge on any atom is 0.0721 e. The Balaban J connectivity index is 2.33. The standard InChI is InChI=1S/C17H27N3/c1-4-7-12-17(18,5-2)13-15-14-10-8-9-11-16(14)20(6-3)19-15/h8-11H,4-7,12-13,18H2,1-3H3. The molecule has 0 bridgehead atoms. The maximum absolute atomic E-state index is 6.61. The molecule has 0 radical (unpaired) electrons. The lowest BCUT2D eigenvalue weighted by molar-refractivity contribution is 0.361. The van der Waals surface area contributed by atoms with Crippen LogP contribution < -0.4 is 5.73 Å². The summed E-state index contributed by atoms with van der Waals surface area (Å²) < 4.78 is 2.08. The molecule has 1 atom stereocenters. The van der Waals surface area contributed by atoms with Gasteiger partial charge in [0.1, 0.15) is 0 Å². The zero-order valence-electron chi connectivity index (χ0n) is 13.0. The SMILES string of the molecule is CCCCC(N)(CC)Cc1nn(CC)c2ccccc12. The van der Waals surface area contributed by atoms with Crippen LogP contribution >= 0.6 is 0 Å². The first-order valence-corrected chi connectivity index (χ1v) is 7.87. The van der Waals surface area contributed by atoms with E-state index < -0.39 is 0 Å². The molecule has 0 spiro atoms. The van der Waals surface area contributed by atoms with E-state index in [0.29, 0.717) is 0 Å². The third-order valence-electron chi connectivity index (χ3n) is 4.29. The summed E-state index contributed by atoms with van der Waals surface area (Å²) in [7, 11) is 0. The number of unbranched alkanes of at least 4 members (excludes halogenated alkanes) is 1. The summed E-state index contributed by atoms with van der Waals surface area (Å²) in [5, 5.41) is 6.04. The lowest BCUT2D eigenvalue weighted by Gasteiger charge is -2.27. The minimum atomic E-state index is -0.119. The number of nitrogens with zero attached hydrogens (tertiary/aromatic N) is 2. The highest BCUT2D eigenvalue weighted by Gasteiger charge is 2.25. The van der Waals surface area contributed by atoms with Gasteiger partial charge in [-0.25, -0.2) is 0 Å². The quantitative estimate of drug-likeness (QED) is 0.831. The number of para-hydroxylation sites is 1. The molecular weight excluding hydrogens is 246 g/mol. The molecule has 0 saturated carbocycles. The van der Waals surface area contributed by atoms with Crippen molar-refractivity contribution in [3.63, 3.8) is 0 Å². The Bertz CT molecular complexity index is 558. The Morgan fingerprint density at radius 1 is 1.20 bits per heavy atom. The van der Waals surface area contributed by atoms with E-state index >= 15 is 0 Å². The monoisotopic (exact) mass is 273 g/mol. The van der Waals surface area contributed by atoms with Crippen LogP contribution in [0.5, 0.6) is 0 Å². The lowest BCUT2D eigenvalue weighted by atomic mass is 9.85. The predicted octanol–water partition coefficient (Wildman–Crippen LogP) is 3.90. The van der Waals surface area contributed by atoms with Crippen molar-refractivity contribution >= 4 is 10.9 Å². The Hall–Kier alpha value is -1.35. The first kappa shape index (κ1) is 15.0. The number of aromatic nitrogens is 2. The van der Waals surface area contributed by atoms with Crippen molar-refractivity contribution in [1.82, 2.24) is 9.78 Å². The van der Waals surface area contributed by atoms with Gasteiger partial charge >= 0.3 is 0 Å². The average molecular weight is 273 g/mol. The van der Waals surface area contributed by atoms with Crippen molar-refractivity contribution < 1.29 is 0 Å². The van der Waals surface area contributed by atoms with Crippen molar-refractivity contribution in [1.29, 1.82) is 0 Å². The van der Waals surface area contributed by atoms with Crippen LogP contribution in [0.1, 0.15) is 52.1 Å². The second-order valence-corrected chi connectivity index (χ2v) is 5.78. The summed E-state index contributed by atoms with van der Waals surface area (Å²) in [4.78, 5) is 0. The van der Waals surface area contributed by atoms with Crippen LogP contribution in [0, 0.1) is 0 Å². The molecule has 0 fully saturated rings. The molecule has 1 aromatic carbocycles. The highest BCUT2D eigenvalue weighted by Crippen LogP contribution is 2.26. The Morgan fingerprint density at radius 2 is 1.95 bits per heavy atom. The van der Waals surface area contributed by atoms with E-state index in [4.69, 9.17) is 10.8 Å². The zero-order chi connectivity index (χ0) is 14.6. The van der Waals surface area contributed by atoms with Gasteiger partial charge in [0.05, 0.1) is 11.2 Å². The summed E-state index contributed by atoms with van der Waals surface area (Å²) in [6.45, 7) is 7.45. The molecule has 0 aliphatic carbocycles. The van der Waals surface area contributed by atoms with Crippen molar-refractivity contribution in [3.05, 3.63) is 30.0 Å². The third kappa shape index (κ3) is 3.04. The average Bonchev–Trinajstić information content (AvgIpc) is 2.83. The molecule has 2 N–H and O–H groups in total. The highest BCUT2D eigenvalue weighted by atomic mass is 15.3. The summed E-state index contributed by atoms with van der Waals surface area (Å²) >= 11 is 0. The van der Waals surface area contributed by atoms with Gasteiger partial charge in [-0.2, -0.15) is 5.10 Å². The number of benzene rings is 1. The number of hydrogen-bond acceptors (Lipinski definition) is 2. The molecule has 2 rings (SSSR count). The van der Waals surface area contributed by atoms with Crippen LogP contribution in [0.4, 0.5) is 0 Å². The van der Waals surface area contributed by atoms with Gasteiger partial charge in [-0.3, -0.25) is 4.68 Å². The van der Waals surface area contributed by atoms with Gasteiger partial charge in [0.2, 0.25) is 0 Å².